The smallest absolute Gasteiger partial charge is 0.232 e. The largest absolute Gasteiger partial charge is 0.268 e. The van der Waals surface area contributed by atoms with Crippen LogP contribution in [0.5, 0.6) is 0 Å². The first-order valence-electron chi connectivity index (χ1n) is 9.26. The Bertz CT molecular complexity index is 1620. The van der Waals surface area contributed by atoms with Crippen LogP contribution in [-0.4, -0.2) is 0 Å². The van der Waals surface area contributed by atoms with Crippen molar-refractivity contribution in [1.29, 1.82) is 10.5 Å². The minimum Gasteiger partial charge on any atom is -0.232 e. The fraction of sp³-hybridized carbons (Fsp3) is 0.0400. The van der Waals surface area contributed by atoms with E-state index in [4.69, 9.17) is 13.1 Å². The Hall–Kier alpha value is -4.99. The molecule has 0 aromatic heterocycles. The molecule has 3 rings (SSSR count). The normalized spacial score (nSPS) is 12.1. The second-order valence-electron chi connectivity index (χ2n) is 6.87. The lowest BCUT2D eigenvalue weighted by molar-refractivity contribution is 0.457. The molecule has 0 aliphatic heterocycles. The standard InChI is InChI=1S/C25H9F5N4/c1-12-8-13(5-7-18(12)26)16-9-14(19(11-32)33-2)4-6-15(16)17(10-31)20-21(27)23(29)25(34-3)24(30)22(20)28/h4-9H,1H3/b17-15+,19-14+. The second-order valence-corrected chi connectivity index (χ2v) is 6.87. The van der Waals surface area contributed by atoms with Gasteiger partial charge in [0.25, 0.3) is 11.4 Å². The Kier molecular flexibility index (Phi) is 6.44. The third-order valence-corrected chi connectivity index (χ3v) is 4.96. The number of rotatable bonds is 2. The third kappa shape index (κ3) is 3.84. The molecule has 3 aromatic rings. The number of nitriles is 2. The van der Waals surface area contributed by atoms with E-state index in [0.717, 1.165) is 12.1 Å². The summed E-state index contributed by atoms with van der Waals surface area (Å²) in [6.07, 6.45) is 0. The minimum atomic E-state index is -1.96. The summed E-state index contributed by atoms with van der Waals surface area (Å²) in [4.78, 5) is 5.55. The van der Waals surface area contributed by atoms with E-state index in [0.29, 0.717) is 0 Å². The van der Waals surface area contributed by atoms with Crippen molar-refractivity contribution in [2.45, 2.75) is 6.92 Å². The van der Waals surface area contributed by atoms with Gasteiger partial charge in [0, 0.05) is 5.22 Å². The highest BCUT2D eigenvalue weighted by Crippen LogP contribution is 2.33. The van der Waals surface area contributed by atoms with E-state index < -0.39 is 45.9 Å². The van der Waals surface area contributed by atoms with Crippen molar-refractivity contribution in [2.75, 3.05) is 0 Å². The fourth-order valence-corrected chi connectivity index (χ4v) is 3.30. The van der Waals surface area contributed by atoms with Gasteiger partial charge in [0.05, 0.1) is 30.4 Å². The zero-order valence-electron chi connectivity index (χ0n) is 17.1. The molecule has 164 valence electrons. The molecular weight excluding hydrogens is 451 g/mol. The Morgan fingerprint density at radius 1 is 0.853 bits per heavy atom. The van der Waals surface area contributed by atoms with Crippen LogP contribution in [-0.2, 0) is 0 Å². The number of hydrogen-bond acceptors (Lipinski definition) is 2. The number of aryl methyl sites for hydroxylation is 1. The monoisotopic (exact) mass is 460 g/mol. The quantitative estimate of drug-likeness (QED) is 0.301. The van der Waals surface area contributed by atoms with E-state index in [1.807, 2.05) is 0 Å². The maximum Gasteiger partial charge on any atom is 0.268 e. The summed E-state index contributed by atoms with van der Waals surface area (Å²) in [6.45, 7) is 15.3. The lowest BCUT2D eigenvalue weighted by Gasteiger charge is -2.11. The first-order valence-corrected chi connectivity index (χ1v) is 9.26. The van der Waals surface area contributed by atoms with Crippen molar-refractivity contribution >= 4 is 17.0 Å². The third-order valence-electron chi connectivity index (χ3n) is 4.96. The minimum absolute atomic E-state index is 0.0439. The molecule has 3 aromatic carbocycles. The van der Waals surface area contributed by atoms with E-state index in [-0.39, 0.29) is 32.8 Å². The molecule has 0 atom stereocenters. The van der Waals surface area contributed by atoms with Crippen LogP contribution in [0.3, 0.4) is 0 Å². The van der Waals surface area contributed by atoms with Gasteiger partial charge in [-0.25, -0.2) is 36.9 Å². The lowest BCUT2D eigenvalue weighted by atomic mass is 9.94. The van der Waals surface area contributed by atoms with Crippen LogP contribution >= 0.6 is 0 Å². The molecule has 0 saturated carbocycles. The summed E-state index contributed by atoms with van der Waals surface area (Å²) >= 11 is 0. The molecule has 0 unspecified atom stereocenters. The highest BCUT2D eigenvalue weighted by Gasteiger charge is 2.28. The van der Waals surface area contributed by atoms with Crippen LogP contribution in [0.15, 0.2) is 36.4 Å². The Balaban J connectivity index is 2.62. The molecular formula is C25H9F5N4. The van der Waals surface area contributed by atoms with Crippen molar-refractivity contribution in [3.63, 3.8) is 0 Å². The second kappa shape index (κ2) is 9.25. The first-order chi connectivity index (χ1) is 16.2. The SMILES string of the molecule is [C-]#[N+]/C(C#N)=c1\cc/c(=C(/C#N)c2c(F)c(F)c([N+]#[C-])c(F)c2F)c(-c2ccc(F)c(C)c2)c1. The summed E-state index contributed by atoms with van der Waals surface area (Å²) in [5.74, 6) is -8.34. The highest BCUT2D eigenvalue weighted by atomic mass is 19.2. The summed E-state index contributed by atoms with van der Waals surface area (Å²) in [7, 11) is 0. The summed E-state index contributed by atoms with van der Waals surface area (Å²) < 4.78 is 71.9. The van der Waals surface area contributed by atoms with Gasteiger partial charge in [-0.3, -0.25) is 0 Å². The molecule has 0 amide bonds. The molecule has 4 nitrogen and oxygen atoms in total. The zero-order chi connectivity index (χ0) is 25.2. The molecule has 0 heterocycles. The van der Waals surface area contributed by atoms with Crippen molar-refractivity contribution in [2.24, 2.45) is 0 Å². The molecule has 0 bridgehead atoms. The van der Waals surface area contributed by atoms with Crippen molar-refractivity contribution in [1.82, 2.24) is 0 Å². The van der Waals surface area contributed by atoms with Gasteiger partial charge in [-0.1, -0.05) is 24.3 Å². The Morgan fingerprint density at radius 2 is 1.50 bits per heavy atom. The zero-order valence-corrected chi connectivity index (χ0v) is 17.1. The number of benzene rings is 3. The van der Waals surface area contributed by atoms with Crippen LogP contribution in [0, 0.1) is 71.8 Å². The summed E-state index contributed by atoms with van der Waals surface area (Å²) in [5, 5.41) is 18.8. The molecule has 0 N–H and O–H groups in total. The van der Waals surface area contributed by atoms with Crippen molar-refractivity contribution in [3.05, 3.63) is 110 Å². The van der Waals surface area contributed by atoms with Gasteiger partial charge in [-0.2, -0.15) is 5.26 Å². The van der Waals surface area contributed by atoms with Crippen LogP contribution in [0.2, 0.25) is 0 Å². The Labute approximate surface area is 190 Å². The molecule has 0 aliphatic rings. The molecule has 34 heavy (non-hydrogen) atoms. The van der Waals surface area contributed by atoms with Crippen molar-refractivity contribution in [3.8, 4) is 23.3 Å². The predicted octanol–water partition coefficient (Wildman–Crippen LogP) is 5.18. The predicted molar refractivity (Wildman–Crippen MR) is 112 cm³/mol. The summed E-state index contributed by atoms with van der Waals surface area (Å²) in [6, 6.07) is 10.6. The van der Waals surface area contributed by atoms with E-state index >= 15 is 0 Å². The summed E-state index contributed by atoms with van der Waals surface area (Å²) in [5.41, 5.74) is -3.50. The van der Waals surface area contributed by atoms with Crippen LogP contribution in [0.1, 0.15) is 11.1 Å². The highest BCUT2D eigenvalue weighted by molar-refractivity contribution is 5.83. The van der Waals surface area contributed by atoms with Crippen LogP contribution in [0.25, 0.3) is 32.1 Å². The van der Waals surface area contributed by atoms with Gasteiger partial charge < -0.3 is 0 Å². The van der Waals surface area contributed by atoms with Crippen LogP contribution in [0.4, 0.5) is 27.6 Å². The van der Waals surface area contributed by atoms with Gasteiger partial charge in [0.2, 0.25) is 0 Å². The Morgan fingerprint density at radius 3 is 2.00 bits per heavy atom. The molecule has 0 aliphatic carbocycles. The van der Waals surface area contributed by atoms with E-state index in [1.54, 1.807) is 12.1 Å². The van der Waals surface area contributed by atoms with Gasteiger partial charge in [-0.15, -0.1) is 0 Å². The fourth-order valence-electron chi connectivity index (χ4n) is 3.30. The number of nitrogens with zero attached hydrogens (tertiary/aromatic N) is 4. The van der Waals surface area contributed by atoms with E-state index in [2.05, 4.69) is 9.69 Å². The van der Waals surface area contributed by atoms with Gasteiger partial charge >= 0.3 is 0 Å². The first kappa shape index (κ1) is 23.7. The van der Waals surface area contributed by atoms with Crippen LogP contribution < -0.4 is 10.4 Å². The lowest BCUT2D eigenvalue weighted by Crippen LogP contribution is -2.18. The maximum atomic E-state index is 14.7. The van der Waals surface area contributed by atoms with Crippen molar-refractivity contribution < 1.29 is 22.0 Å². The maximum absolute atomic E-state index is 14.7. The van der Waals surface area contributed by atoms with Gasteiger partial charge in [-0.05, 0) is 41.0 Å². The average molecular weight is 460 g/mol. The molecule has 0 saturated heterocycles. The number of halogens is 5. The molecule has 0 radical (unpaired) electrons. The number of hydrogen-bond donors (Lipinski definition) is 0. The van der Waals surface area contributed by atoms with E-state index in [1.165, 1.54) is 31.2 Å². The van der Waals surface area contributed by atoms with Gasteiger partial charge in [0.1, 0.15) is 11.9 Å². The molecule has 0 spiro atoms. The molecule has 0 fully saturated rings. The topological polar surface area (TPSA) is 56.3 Å². The van der Waals surface area contributed by atoms with Gasteiger partial charge in [0.15, 0.2) is 23.3 Å². The van der Waals surface area contributed by atoms with E-state index in [9.17, 15) is 32.5 Å². The average Bonchev–Trinajstić information content (AvgIpc) is 2.83. The molecule has 9 heteroatoms.